The summed E-state index contributed by atoms with van der Waals surface area (Å²) in [5.74, 6) is 0.284. The SMILES string of the molecule is CNC(c1ccc(Cl)cc1Cl)C(C)c1ccncc1. The van der Waals surface area contributed by atoms with Gasteiger partial charge in [0.15, 0.2) is 0 Å². The maximum atomic E-state index is 6.30. The number of halogens is 2. The first-order chi connectivity index (χ1) is 9.13. The first-order valence-electron chi connectivity index (χ1n) is 6.15. The van der Waals surface area contributed by atoms with Crippen molar-refractivity contribution in [1.82, 2.24) is 10.3 Å². The van der Waals surface area contributed by atoms with Crippen LogP contribution in [-0.2, 0) is 0 Å². The Labute approximate surface area is 123 Å². The molecule has 0 aliphatic rings. The molecule has 0 amide bonds. The molecule has 1 aromatic heterocycles. The van der Waals surface area contributed by atoms with E-state index in [0.717, 1.165) is 5.56 Å². The Morgan fingerprint density at radius 3 is 2.37 bits per heavy atom. The van der Waals surface area contributed by atoms with Crippen molar-refractivity contribution in [3.63, 3.8) is 0 Å². The van der Waals surface area contributed by atoms with E-state index in [9.17, 15) is 0 Å². The summed E-state index contributed by atoms with van der Waals surface area (Å²) >= 11 is 12.2. The Bertz CT molecular complexity index is 543. The highest BCUT2D eigenvalue weighted by molar-refractivity contribution is 6.35. The average Bonchev–Trinajstić information content (AvgIpc) is 2.42. The lowest BCUT2D eigenvalue weighted by Gasteiger charge is -2.25. The molecule has 0 radical (unpaired) electrons. The minimum atomic E-state index is 0.132. The Balaban J connectivity index is 2.34. The van der Waals surface area contributed by atoms with Crippen molar-refractivity contribution < 1.29 is 0 Å². The molecule has 19 heavy (non-hydrogen) atoms. The molecular formula is C15H16Cl2N2. The third-order valence-corrected chi connectivity index (χ3v) is 3.90. The van der Waals surface area contributed by atoms with Crippen LogP contribution in [0.1, 0.15) is 30.0 Å². The van der Waals surface area contributed by atoms with Gasteiger partial charge in [-0.1, -0.05) is 36.2 Å². The predicted octanol–water partition coefficient (Wildman–Crippen LogP) is 4.45. The normalized spacial score (nSPS) is 14.1. The van der Waals surface area contributed by atoms with Gasteiger partial charge in [-0.3, -0.25) is 4.98 Å². The summed E-state index contributed by atoms with van der Waals surface area (Å²) in [6.07, 6.45) is 3.62. The number of hydrogen-bond donors (Lipinski definition) is 1. The molecule has 0 spiro atoms. The first kappa shape index (κ1) is 14.3. The fourth-order valence-corrected chi connectivity index (χ4v) is 2.81. The third kappa shape index (κ3) is 3.27. The fourth-order valence-electron chi connectivity index (χ4n) is 2.29. The standard InChI is InChI=1S/C15H16Cl2N2/c1-10(11-5-7-19-8-6-11)15(18-2)13-4-3-12(16)9-14(13)17/h3-10,15,18H,1-2H3. The van der Waals surface area contributed by atoms with Crippen LogP contribution in [0.2, 0.25) is 10.0 Å². The Morgan fingerprint density at radius 2 is 1.79 bits per heavy atom. The molecule has 2 nitrogen and oxygen atoms in total. The largest absolute Gasteiger partial charge is 0.312 e. The molecule has 0 fully saturated rings. The zero-order chi connectivity index (χ0) is 13.8. The van der Waals surface area contributed by atoms with Crippen LogP contribution in [0.4, 0.5) is 0 Å². The maximum absolute atomic E-state index is 6.30. The number of benzene rings is 1. The molecule has 0 saturated heterocycles. The van der Waals surface area contributed by atoms with Crippen LogP contribution in [0.3, 0.4) is 0 Å². The second-order valence-corrected chi connectivity index (χ2v) is 5.35. The minimum Gasteiger partial charge on any atom is -0.312 e. The molecule has 1 N–H and O–H groups in total. The van der Waals surface area contributed by atoms with E-state index < -0.39 is 0 Å². The first-order valence-corrected chi connectivity index (χ1v) is 6.91. The van der Waals surface area contributed by atoms with Gasteiger partial charge in [-0.25, -0.2) is 0 Å². The van der Waals surface area contributed by atoms with E-state index in [1.807, 2.05) is 43.7 Å². The number of nitrogens with one attached hydrogen (secondary N) is 1. The van der Waals surface area contributed by atoms with Gasteiger partial charge in [0, 0.05) is 34.4 Å². The number of rotatable bonds is 4. The molecule has 0 saturated carbocycles. The monoisotopic (exact) mass is 294 g/mol. The van der Waals surface area contributed by atoms with Crippen molar-refractivity contribution in [3.8, 4) is 0 Å². The number of hydrogen-bond acceptors (Lipinski definition) is 2. The number of pyridine rings is 1. The van der Waals surface area contributed by atoms with Crippen molar-refractivity contribution in [2.75, 3.05) is 7.05 Å². The van der Waals surface area contributed by atoms with Gasteiger partial charge in [0.2, 0.25) is 0 Å². The number of likely N-dealkylation sites (N-methyl/N-ethyl adjacent to an activating group) is 1. The highest BCUT2D eigenvalue weighted by atomic mass is 35.5. The maximum Gasteiger partial charge on any atom is 0.0468 e. The smallest absolute Gasteiger partial charge is 0.0468 e. The van der Waals surface area contributed by atoms with Crippen LogP contribution in [0.15, 0.2) is 42.7 Å². The zero-order valence-electron chi connectivity index (χ0n) is 10.9. The average molecular weight is 295 g/mol. The molecule has 0 bridgehead atoms. The van der Waals surface area contributed by atoms with Crippen molar-refractivity contribution in [2.24, 2.45) is 0 Å². The van der Waals surface area contributed by atoms with Crippen LogP contribution < -0.4 is 5.32 Å². The molecule has 2 unspecified atom stereocenters. The molecule has 2 rings (SSSR count). The molecule has 1 aromatic carbocycles. The second kappa shape index (κ2) is 6.38. The lowest BCUT2D eigenvalue weighted by atomic mass is 9.89. The predicted molar refractivity (Wildman–Crippen MR) is 80.9 cm³/mol. The van der Waals surface area contributed by atoms with Gasteiger partial charge in [-0.15, -0.1) is 0 Å². The highest BCUT2D eigenvalue weighted by Gasteiger charge is 2.21. The number of nitrogens with zero attached hydrogens (tertiary/aromatic N) is 1. The summed E-state index contributed by atoms with van der Waals surface area (Å²) < 4.78 is 0. The molecule has 1 heterocycles. The summed E-state index contributed by atoms with van der Waals surface area (Å²) in [4.78, 5) is 4.05. The zero-order valence-corrected chi connectivity index (χ0v) is 12.4. The van der Waals surface area contributed by atoms with Crippen LogP contribution in [0, 0.1) is 0 Å². The lowest BCUT2D eigenvalue weighted by Crippen LogP contribution is -2.22. The van der Waals surface area contributed by atoms with Crippen molar-refractivity contribution in [3.05, 3.63) is 63.9 Å². The molecule has 100 valence electrons. The molecule has 4 heteroatoms. The second-order valence-electron chi connectivity index (χ2n) is 4.50. The van der Waals surface area contributed by atoms with E-state index in [-0.39, 0.29) is 12.0 Å². The Kier molecular flexibility index (Phi) is 4.81. The van der Waals surface area contributed by atoms with E-state index in [1.165, 1.54) is 5.56 Å². The molecular weight excluding hydrogens is 279 g/mol. The highest BCUT2D eigenvalue weighted by Crippen LogP contribution is 2.34. The van der Waals surface area contributed by atoms with Crippen molar-refractivity contribution in [1.29, 1.82) is 0 Å². The van der Waals surface area contributed by atoms with Gasteiger partial charge in [0.25, 0.3) is 0 Å². The third-order valence-electron chi connectivity index (χ3n) is 3.34. The van der Waals surface area contributed by atoms with Gasteiger partial charge in [0.1, 0.15) is 0 Å². The summed E-state index contributed by atoms with van der Waals surface area (Å²) in [7, 11) is 1.94. The van der Waals surface area contributed by atoms with Gasteiger partial charge in [-0.2, -0.15) is 0 Å². The van der Waals surface area contributed by atoms with Gasteiger partial charge < -0.3 is 5.32 Å². The summed E-state index contributed by atoms with van der Waals surface area (Å²) in [5, 5.41) is 4.67. The molecule has 2 atom stereocenters. The van der Waals surface area contributed by atoms with E-state index in [0.29, 0.717) is 10.0 Å². The van der Waals surface area contributed by atoms with E-state index >= 15 is 0 Å². The van der Waals surface area contributed by atoms with Crippen LogP contribution in [0.5, 0.6) is 0 Å². The summed E-state index contributed by atoms with van der Waals surface area (Å²) in [6.45, 7) is 2.17. The van der Waals surface area contributed by atoms with Gasteiger partial charge in [-0.05, 0) is 42.4 Å². The van der Waals surface area contributed by atoms with E-state index in [4.69, 9.17) is 23.2 Å². The molecule has 0 aliphatic heterocycles. The minimum absolute atomic E-state index is 0.132. The fraction of sp³-hybridized carbons (Fsp3) is 0.267. The topological polar surface area (TPSA) is 24.9 Å². The summed E-state index contributed by atoms with van der Waals surface area (Å²) in [6, 6.07) is 9.81. The Hall–Kier alpha value is -1.09. The van der Waals surface area contributed by atoms with E-state index in [2.05, 4.69) is 17.2 Å². The molecule has 0 aliphatic carbocycles. The van der Waals surface area contributed by atoms with Gasteiger partial charge >= 0.3 is 0 Å². The number of aromatic nitrogens is 1. The quantitative estimate of drug-likeness (QED) is 0.901. The van der Waals surface area contributed by atoms with Crippen LogP contribution >= 0.6 is 23.2 Å². The van der Waals surface area contributed by atoms with E-state index in [1.54, 1.807) is 6.07 Å². The Morgan fingerprint density at radius 1 is 1.11 bits per heavy atom. The van der Waals surface area contributed by atoms with Crippen LogP contribution in [-0.4, -0.2) is 12.0 Å². The van der Waals surface area contributed by atoms with Crippen molar-refractivity contribution >= 4 is 23.2 Å². The van der Waals surface area contributed by atoms with Crippen LogP contribution in [0.25, 0.3) is 0 Å². The molecule has 2 aromatic rings. The van der Waals surface area contributed by atoms with Gasteiger partial charge in [0.05, 0.1) is 0 Å². The lowest BCUT2D eigenvalue weighted by molar-refractivity contribution is 0.508. The summed E-state index contributed by atoms with van der Waals surface area (Å²) in [5.41, 5.74) is 2.28. The van der Waals surface area contributed by atoms with Crippen molar-refractivity contribution in [2.45, 2.75) is 18.9 Å².